The Morgan fingerprint density at radius 2 is 1.86 bits per heavy atom. The van der Waals surface area contributed by atoms with Gasteiger partial charge in [0.25, 0.3) is 0 Å². The predicted octanol–water partition coefficient (Wildman–Crippen LogP) is 1.43. The predicted molar refractivity (Wildman–Crippen MR) is 79.3 cm³/mol. The minimum Gasteiger partial charge on any atom is -0.352 e. The number of carbonyl (C=O) groups is 1. The summed E-state index contributed by atoms with van der Waals surface area (Å²) in [6.45, 7) is 2.33. The molecule has 1 amide bonds. The Bertz CT molecular complexity index is 635. The highest BCUT2D eigenvalue weighted by molar-refractivity contribution is 7.89. The number of hydrogen-bond donors (Lipinski definition) is 1. The molecule has 1 N–H and O–H groups in total. The molecule has 0 unspecified atom stereocenters. The van der Waals surface area contributed by atoms with E-state index in [2.05, 4.69) is 5.32 Å². The monoisotopic (exact) mass is 308 g/mol. The zero-order chi connectivity index (χ0) is 15.0. The highest BCUT2D eigenvalue weighted by atomic mass is 32.2. The Labute approximate surface area is 125 Å². The van der Waals surface area contributed by atoms with Crippen LogP contribution in [0.15, 0.2) is 29.2 Å². The number of carbonyl (C=O) groups excluding carboxylic acids is 1. The van der Waals surface area contributed by atoms with E-state index in [0.29, 0.717) is 13.0 Å². The number of amides is 1. The van der Waals surface area contributed by atoms with Gasteiger partial charge >= 0.3 is 0 Å². The number of benzene rings is 1. The SMILES string of the molecule is Cc1ccc(S(=O)(=O)N2CCC[C@H]2C(=O)NC2CC2)cc1. The summed E-state index contributed by atoms with van der Waals surface area (Å²) in [5, 5.41) is 2.91. The van der Waals surface area contributed by atoms with E-state index < -0.39 is 16.1 Å². The van der Waals surface area contributed by atoms with Crippen LogP contribution in [0.4, 0.5) is 0 Å². The first-order valence-electron chi connectivity index (χ1n) is 7.37. The van der Waals surface area contributed by atoms with Gasteiger partial charge in [0.2, 0.25) is 15.9 Å². The Balaban J connectivity index is 1.82. The molecule has 1 aliphatic heterocycles. The zero-order valence-electron chi connectivity index (χ0n) is 12.1. The van der Waals surface area contributed by atoms with Gasteiger partial charge in [-0.2, -0.15) is 4.31 Å². The third-order valence-corrected chi connectivity index (χ3v) is 5.98. The quantitative estimate of drug-likeness (QED) is 0.915. The highest BCUT2D eigenvalue weighted by Crippen LogP contribution is 2.27. The van der Waals surface area contributed by atoms with Crippen molar-refractivity contribution in [1.82, 2.24) is 9.62 Å². The fourth-order valence-corrected chi connectivity index (χ4v) is 4.32. The molecule has 1 aliphatic carbocycles. The molecule has 1 saturated carbocycles. The van der Waals surface area contributed by atoms with Crippen LogP contribution in [-0.4, -0.2) is 37.3 Å². The maximum Gasteiger partial charge on any atom is 0.243 e. The zero-order valence-corrected chi connectivity index (χ0v) is 12.9. The van der Waals surface area contributed by atoms with Crippen molar-refractivity contribution in [2.75, 3.05) is 6.54 Å². The summed E-state index contributed by atoms with van der Waals surface area (Å²) in [5.41, 5.74) is 1.01. The Hall–Kier alpha value is -1.40. The van der Waals surface area contributed by atoms with E-state index in [-0.39, 0.29) is 16.8 Å². The fourth-order valence-electron chi connectivity index (χ4n) is 2.66. The first-order valence-corrected chi connectivity index (χ1v) is 8.81. The fraction of sp³-hybridized carbons (Fsp3) is 0.533. The molecule has 1 aromatic carbocycles. The maximum atomic E-state index is 12.7. The van der Waals surface area contributed by atoms with Crippen LogP contribution in [0.5, 0.6) is 0 Å². The standard InChI is InChI=1S/C15H20N2O3S/c1-11-4-8-13(9-5-11)21(19,20)17-10-2-3-14(17)15(18)16-12-6-7-12/h4-5,8-9,12,14H,2-3,6-7,10H2,1H3,(H,16,18)/t14-/m0/s1. The summed E-state index contributed by atoms with van der Waals surface area (Å²) in [7, 11) is -3.59. The van der Waals surface area contributed by atoms with Gasteiger partial charge in [0, 0.05) is 12.6 Å². The second-order valence-corrected chi connectivity index (χ2v) is 7.76. The molecule has 1 saturated heterocycles. The summed E-state index contributed by atoms with van der Waals surface area (Å²) in [6, 6.07) is 6.47. The molecular weight excluding hydrogens is 288 g/mol. The molecule has 114 valence electrons. The van der Waals surface area contributed by atoms with Gasteiger partial charge < -0.3 is 5.32 Å². The van der Waals surface area contributed by atoms with Gasteiger partial charge in [-0.15, -0.1) is 0 Å². The van der Waals surface area contributed by atoms with E-state index in [0.717, 1.165) is 24.8 Å². The average molecular weight is 308 g/mol. The summed E-state index contributed by atoms with van der Waals surface area (Å²) < 4.78 is 26.8. The molecular formula is C15H20N2O3S. The summed E-state index contributed by atoms with van der Waals surface area (Å²) in [4.78, 5) is 12.5. The average Bonchev–Trinajstić information content (AvgIpc) is 3.11. The summed E-state index contributed by atoms with van der Waals surface area (Å²) in [5.74, 6) is -0.148. The van der Waals surface area contributed by atoms with Gasteiger partial charge in [0.05, 0.1) is 4.90 Å². The van der Waals surface area contributed by atoms with Gasteiger partial charge in [-0.3, -0.25) is 4.79 Å². The van der Waals surface area contributed by atoms with Crippen LogP contribution in [0.3, 0.4) is 0 Å². The van der Waals surface area contributed by atoms with Crippen LogP contribution in [0, 0.1) is 6.92 Å². The van der Waals surface area contributed by atoms with Gasteiger partial charge in [0.15, 0.2) is 0 Å². The van der Waals surface area contributed by atoms with E-state index in [4.69, 9.17) is 0 Å². The number of aryl methyl sites for hydroxylation is 1. The Kier molecular flexibility index (Phi) is 3.75. The van der Waals surface area contributed by atoms with Crippen LogP contribution in [0.1, 0.15) is 31.2 Å². The number of hydrogen-bond acceptors (Lipinski definition) is 3. The van der Waals surface area contributed by atoms with Gasteiger partial charge in [-0.25, -0.2) is 8.42 Å². The van der Waals surface area contributed by atoms with Crippen LogP contribution < -0.4 is 5.32 Å². The van der Waals surface area contributed by atoms with E-state index in [9.17, 15) is 13.2 Å². The van der Waals surface area contributed by atoms with E-state index in [1.807, 2.05) is 6.92 Å². The largest absolute Gasteiger partial charge is 0.352 e. The number of rotatable bonds is 4. The molecule has 1 heterocycles. The molecule has 21 heavy (non-hydrogen) atoms. The van der Waals surface area contributed by atoms with Crippen LogP contribution >= 0.6 is 0 Å². The molecule has 0 radical (unpaired) electrons. The minimum atomic E-state index is -3.59. The lowest BCUT2D eigenvalue weighted by molar-refractivity contribution is -0.124. The number of sulfonamides is 1. The Morgan fingerprint density at radius 3 is 2.48 bits per heavy atom. The van der Waals surface area contributed by atoms with Gasteiger partial charge in [-0.05, 0) is 44.7 Å². The van der Waals surface area contributed by atoms with Crippen molar-refractivity contribution in [2.45, 2.75) is 49.6 Å². The highest BCUT2D eigenvalue weighted by Gasteiger charge is 2.40. The third-order valence-electron chi connectivity index (χ3n) is 4.06. The number of nitrogens with zero attached hydrogens (tertiary/aromatic N) is 1. The summed E-state index contributed by atoms with van der Waals surface area (Å²) >= 11 is 0. The molecule has 1 atom stereocenters. The molecule has 0 spiro atoms. The van der Waals surface area contributed by atoms with E-state index in [1.165, 1.54) is 4.31 Å². The normalized spacial score (nSPS) is 23.2. The molecule has 1 aromatic rings. The molecule has 0 bridgehead atoms. The van der Waals surface area contributed by atoms with Crippen molar-refractivity contribution in [3.05, 3.63) is 29.8 Å². The smallest absolute Gasteiger partial charge is 0.243 e. The minimum absolute atomic E-state index is 0.148. The van der Waals surface area contributed by atoms with Gasteiger partial charge in [-0.1, -0.05) is 17.7 Å². The second kappa shape index (κ2) is 5.42. The van der Waals surface area contributed by atoms with Crippen molar-refractivity contribution in [1.29, 1.82) is 0 Å². The van der Waals surface area contributed by atoms with Crippen LogP contribution in [0.25, 0.3) is 0 Å². The molecule has 6 heteroatoms. The molecule has 5 nitrogen and oxygen atoms in total. The first-order chi connectivity index (χ1) is 9.98. The van der Waals surface area contributed by atoms with Crippen molar-refractivity contribution in [2.24, 2.45) is 0 Å². The maximum absolute atomic E-state index is 12.7. The first kappa shape index (κ1) is 14.5. The lowest BCUT2D eigenvalue weighted by atomic mass is 10.2. The van der Waals surface area contributed by atoms with Crippen molar-refractivity contribution < 1.29 is 13.2 Å². The molecule has 2 fully saturated rings. The van der Waals surface area contributed by atoms with Gasteiger partial charge in [0.1, 0.15) is 6.04 Å². The van der Waals surface area contributed by atoms with Crippen LogP contribution in [-0.2, 0) is 14.8 Å². The molecule has 2 aliphatic rings. The van der Waals surface area contributed by atoms with Crippen molar-refractivity contribution >= 4 is 15.9 Å². The van der Waals surface area contributed by atoms with E-state index in [1.54, 1.807) is 24.3 Å². The van der Waals surface area contributed by atoms with Crippen molar-refractivity contribution in [3.63, 3.8) is 0 Å². The second-order valence-electron chi connectivity index (χ2n) is 5.87. The van der Waals surface area contributed by atoms with Crippen LogP contribution in [0.2, 0.25) is 0 Å². The third kappa shape index (κ3) is 2.96. The molecule has 0 aromatic heterocycles. The van der Waals surface area contributed by atoms with E-state index >= 15 is 0 Å². The topological polar surface area (TPSA) is 66.5 Å². The lowest BCUT2D eigenvalue weighted by Crippen LogP contribution is -2.46. The number of nitrogens with one attached hydrogen (secondary N) is 1. The lowest BCUT2D eigenvalue weighted by Gasteiger charge is -2.23. The molecule has 3 rings (SSSR count). The summed E-state index contributed by atoms with van der Waals surface area (Å²) in [6.07, 6.45) is 3.34. The van der Waals surface area contributed by atoms with Crippen molar-refractivity contribution in [3.8, 4) is 0 Å². The Morgan fingerprint density at radius 1 is 1.19 bits per heavy atom.